The minimum atomic E-state index is -0.134. The summed E-state index contributed by atoms with van der Waals surface area (Å²) in [5, 5.41) is 0. The SMILES string of the molecule is CCc1[nH]c(=O)c(C)cc1C(=O)c1ccc[nH]1. The van der Waals surface area contributed by atoms with Crippen molar-refractivity contribution < 1.29 is 4.79 Å². The van der Waals surface area contributed by atoms with E-state index in [0.29, 0.717) is 28.9 Å². The Morgan fingerprint density at radius 3 is 2.76 bits per heavy atom. The van der Waals surface area contributed by atoms with E-state index in [1.165, 1.54) is 0 Å². The number of nitrogens with one attached hydrogen (secondary N) is 2. The van der Waals surface area contributed by atoms with Gasteiger partial charge in [-0.15, -0.1) is 0 Å². The average Bonchev–Trinajstić information content (AvgIpc) is 2.84. The average molecular weight is 230 g/mol. The number of H-pyrrole nitrogens is 2. The lowest BCUT2D eigenvalue weighted by Crippen LogP contribution is -2.17. The molecule has 0 atom stereocenters. The Labute approximate surface area is 98.7 Å². The maximum atomic E-state index is 12.2. The van der Waals surface area contributed by atoms with Crippen molar-refractivity contribution in [1.29, 1.82) is 0 Å². The fourth-order valence-electron chi connectivity index (χ4n) is 1.77. The topological polar surface area (TPSA) is 65.7 Å². The zero-order chi connectivity index (χ0) is 12.4. The molecule has 0 saturated heterocycles. The Hall–Kier alpha value is -2.10. The first-order valence-corrected chi connectivity index (χ1v) is 5.54. The second kappa shape index (κ2) is 4.41. The monoisotopic (exact) mass is 230 g/mol. The van der Waals surface area contributed by atoms with Crippen LogP contribution in [0.1, 0.15) is 34.2 Å². The molecule has 0 aliphatic rings. The first-order valence-electron chi connectivity index (χ1n) is 5.54. The molecule has 88 valence electrons. The van der Waals surface area contributed by atoms with Crippen LogP contribution >= 0.6 is 0 Å². The first-order chi connectivity index (χ1) is 8.13. The van der Waals surface area contributed by atoms with Crippen LogP contribution in [0.2, 0.25) is 0 Å². The van der Waals surface area contributed by atoms with Gasteiger partial charge >= 0.3 is 0 Å². The Morgan fingerprint density at radius 2 is 2.18 bits per heavy atom. The molecule has 0 aliphatic heterocycles. The van der Waals surface area contributed by atoms with E-state index in [2.05, 4.69) is 9.97 Å². The Kier molecular flexibility index (Phi) is 2.95. The molecule has 2 rings (SSSR count). The van der Waals surface area contributed by atoms with Gasteiger partial charge < -0.3 is 9.97 Å². The lowest BCUT2D eigenvalue weighted by molar-refractivity contribution is 0.103. The van der Waals surface area contributed by atoms with E-state index in [1.54, 1.807) is 31.3 Å². The maximum Gasteiger partial charge on any atom is 0.251 e. The summed E-state index contributed by atoms with van der Waals surface area (Å²) < 4.78 is 0. The fourth-order valence-corrected chi connectivity index (χ4v) is 1.77. The van der Waals surface area contributed by atoms with Gasteiger partial charge in [0.15, 0.2) is 0 Å². The van der Waals surface area contributed by atoms with Gasteiger partial charge in [0.1, 0.15) is 0 Å². The number of carbonyl (C=O) groups excluding carboxylic acids is 1. The molecule has 2 aromatic rings. The van der Waals surface area contributed by atoms with Gasteiger partial charge in [0.2, 0.25) is 5.78 Å². The number of rotatable bonds is 3. The van der Waals surface area contributed by atoms with Crippen LogP contribution in [0.4, 0.5) is 0 Å². The van der Waals surface area contributed by atoms with E-state index in [9.17, 15) is 9.59 Å². The lowest BCUT2D eigenvalue weighted by atomic mass is 10.0. The van der Waals surface area contributed by atoms with Crippen molar-refractivity contribution in [2.24, 2.45) is 0 Å². The normalized spacial score (nSPS) is 10.5. The fraction of sp³-hybridized carbons (Fsp3) is 0.231. The van der Waals surface area contributed by atoms with Crippen LogP contribution in [0.5, 0.6) is 0 Å². The molecule has 0 saturated carbocycles. The second-order valence-corrected chi connectivity index (χ2v) is 3.94. The molecule has 0 fully saturated rings. The molecule has 0 aromatic carbocycles. The second-order valence-electron chi connectivity index (χ2n) is 3.94. The minimum Gasteiger partial charge on any atom is -0.359 e. The van der Waals surface area contributed by atoms with Crippen LogP contribution in [0.15, 0.2) is 29.2 Å². The standard InChI is InChI=1S/C13H14N2O2/c1-3-10-9(7-8(2)13(17)15-10)12(16)11-5-4-6-14-11/h4-7,14H,3H2,1-2H3,(H,15,17). The maximum absolute atomic E-state index is 12.2. The summed E-state index contributed by atoms with van der Waals surface area (Å²) in [6.45, 7) is 3.61. The molecule has 17 heavy (non-hydrogen) atoms. The molecular weight excluding hydrogens is 216 g/mol. The lowest BCUT2D eigenvalue weighted by Gasteiger charge is -2.06. The van der Waals surface area contributed by atoms with Gasteiger partial charge in [0.05, 0.1) is 5.69 Å². The number of carbonyl (C=O) groups is 1. The van der Waals surface area contributed by atoms with E-state index in [0.717, 1.165) is 0 Å². The van der Waals surface area contributed by atoms with Crippen LogP contribution in [-0.4, -0.2) is 15.8 Å². The Bertz CT molecular complexity index is 594. The van der Waals surface area contributed by atoms with Gasteiger partial charge in [-0.2, -0.15) is 0 Å². The smallest absolute Gasteiger partial charge is 0.251 e. The van der Waals surface area contributed by atoms with Crippen molar-refractivity contribution in [1.82, 2.24) is 9.97 Å². The molecule has 0 aliphatic carbocycles. The van der Waals surface area contributed by atoms with E-state index in [4.69, 9.17) is 0 Å². The highest BCUT2D eigenvalue weighted by Crippen LogP contribution is 2.12. The summed E-state index contributed by atoms with van der Waals surface area (Å²) in [6, 6.07) is 5.15. The van der Waals surface area contributed by atoms with Crippen LogP contribution < -0.4 is 5.56 Å². The number of pyridine rings is 1. The predicted octanol–water partition coefficient (Wildman–Crippen LogP) is 1.80. The van der Waals surface area contributed by atoms with Crippen molar-refractivity contribution in [3.63, 3.8) is 0 Å². The molecule has 0 spiro atoms. The third-order valence-corrected chi connectivity index (χ3v) is 2.75. The van der Waals surface area contributed by atoms with E-state index in [-0.39, 0.29) is 11.3 Å². The molecule has 0 radical (unpaired) electrons. The molecule has 2 heterocycles. The van der Waals surface area contributed by atoms with Gasteiger partial charge in [-0.1, -0.05) is 6.92 Å². The van der Waals surface area contributed by atoms with Crippen molar-refractivity contribution in [2.45, 2.75) is 20.3 Å². The van der Waals surface area contributed by atoms with E-state index >= 15 is 0 Å². The van der Waals surface area contributed by atoms with E-state index in [1.807, 2.05) is 6.92 Å². The van der Waals surface area contributed by atoms with Gasteiger partial charge in [-0.3, -0.25) is 9.59 Å². The first kappa shape index (κ1) is 11.4. The molecule has 2 N–H and O–H groups in total. The number of aryl methyl sites for hydroxylation is 2. The number of ketones is 1. The van der Waals surface area contributed by atoms with Crippen LogP contribution in [-0.2, 0) is 6.42 Å². The molecular formula is C13H14N2O2. The number of hydrogen-bond donors (Lipinski definition) is 2. The molecule has 2 aromatic heterocycles. The molecule has 0 bridgehead atoms. The number of hydrogen-bond acceptors (Lipinski definition) is 2. The zero-order valence-corrected chi connectivity index (χ0v) is 9.83. The summed E-state index contributed by atoms with van der Waals surface area (Å²) in [5.74, 6) is -0.0915. The van der Waals surface area contributed by atoms with Crippen LogP contribution in [0.25, 0.3) is 0 Å². The van der Waals surface area contributed by atoms with Crippen molar-refractivity contribution in [2.75, 3.05) is 0 Å². The van der Waals surface area contributed by atoms with Crippen molar-refractivity contribution in [3.05, 3.63) is 57.3 Å². The van der Waals surface area contributed by atoms with Gasteiger partial charge in [-0.25, -0.2) is 0 Å². The largest absolute Gasteiger partial charge is 0.359 e. The minimum absolute atomic E-state index is 0.0915. The molecule has 0 unspecified atom stereocenters. The zero-order valence-electron chi connectivity index (χ0n) is 9.83. The van der Waals surface area contributed by atoms with Crippen LogP contribution in [0.3, 0.4) is 0 Å². The molecule has 4 heteroatoms. The van der Waals surface area contributed by atoms with Gasteiger partial charge in [0, 0.05) is 23.0 Å². The number of aromatic amines is 2. The Morgan fingerprint density at radius 1 is 1.41 bits per heavy atom. The molecule has 0 amide bonds. The number of aromatic nitrogens is 2. The summed E-state index contributed by atoms with van der Waals surface area (Å²) in [5.41, 5.74) is 2.19. The summed E-state index contributed by atoms with van der Waals surface area (Å²) in [6.07, 6.45) is 2.33. The summed E-state index contributed by atoms with van der Waals surface area (Å²) >= 11 is 0. The summed E-state index contributed by atoms with van der Waals surface area (Å²) in [7, 11) is 0. The molecule has 4 nitrogen and oxygen atoms in total. The van der Waals surface area contributed by atoms with Gasteiger partial charge in [-0.05, 0) is 31.5 Å². The highest BCUT2D eigenvalue weighted by Gasteiger charge is 2.15. The quantitative estimate of drug-likeness (QED) is 0.790. The summed E-state index contributed by atoms with van der Waals surface area (Å²) in [4.78, 5) is 29.3. The Balaban J connectivity index is 2.55. The van der Waals surface area contributed by atoms with Crippen molar-refractivity contribution >= 4 is 5.78 Å². The van der Waals surface area contributed by atoms with E-state index < -0.39 is 0 Å². The van der Waals surface area contributed by atoms with Crippen LogP contribution in [0, 0.1) is 6.92 Å². The predicted molar refractivity (Wildman–Crippen MR) is 65.4 cm³/mol. The third kappa shape index (κ3) is 2.06. The third-order valence-electron chi connectivity index (χ3n) is 2.75. The van der Waals surface area contributed by atoms with Gasteiger partial charge in [0.25, 0.3) is 5.56 Å². The highest BCUT2D eigenvalue weighted by atomic mass is 16.1. The van der Waals surface area contributed by atoms with Crippen molar-refractivity contribution in [3.8, 4) is 0 Å². The highest BCUT2D eigenvalue weighted by molar-refractivity contribution is 6.08.